The zero-order valence-corrected chi connectivity index (χ0v) is 23.0. The second kappa shape index (κ2) is 13.8. The Balaban J connectivity index is 1.29. The van der Waals surface area contributed by atoms with Crippen molar-refractivity contribution in [2.75, 3.05) is 13.1 Å². The molecule has 2 heterocycles. The van der Waals surface area contributed by atoms with E-state index in [0.717, 1.165) is 41.8 Å². The summed E-state index contributed by atoms with van der Waals surface area (Å²) >= 11 is 0. The van der Waals surface area contributed by atoms with Crippen molar-refractivity contribution in [3.8, 4) is 0 Å². The first-order valence-electron chi connectivity index (χ1n) is 14.3. The van der Waals surface area contributed by atoms with Crippen molar-refractivity contribution in [2.24, 2.45) is 0 Å². The number of aliphatic hydroxyl groups is 1. The average Bonchev–Trinajstić information content (AvgIpc) is 3.55. The molecule has 7 nitrogen and oxygen atoms in total. The molecule has 7 heteroatoms. The van der Waals surface area contributed by atoms with E-state index in [2.05, 4.69) is 21.8 Å². The smallest absolute Gasteiger partial charge is 0.253 e. The van der Waals surface area contributed by atoms with E-state index < -0.39 is 6.29 Å². The standard InChI is InChI=1S/C33H39N3O4/c1-2-18-36(29-7-3-4-8-29)22-30-19-31(26-13-11-25(23-37)12-14-26)40-33(39-30)27-15-9-24(10-16-27)20-35-32(38)28-6-5-17-34-21-28/h2,5-6,9-17,21,29-31,33,37H,1,3-4,7-8,18-20,22-23H2,(H,35,38). The lowest BCUT2D eigenvalue weighted by atomic mass is 9.99. The number of carbonyl (C=O) groups is 1. The van der Waals surface area contributed by atoms with Crippen LogP contribution >= 0.6 is 0 Å². The molecule has 2 aromatic carbocycles. The Hall–Kier alpha value is -3.36. The largest absolute Gasteiger partial charge is 0.392 e. The van der Waals surface area contributed by atoms with Gasteiger partial charge in [0.25, 0.3) is 5.91 Å². The number of hydrogen-bond donors (Lipinski definition) is 2. The van der Waals surface area contributed by atoms with Gasteiger partial charge >= 0.3 is 0 Å². The SMILES string of the molecule is C=CCN(CC1CC(c2ccc(CO)cc2)OC(c2ccc(CNC(=O)c3cccnc3)cc2)O1)C1CCCC1. The van der Waals surface area contributed by atoms with E-state index in [-0.39, 0.29) is 24.7 Å². The number of aromatic nitrogens is 1. The van der Waals surface area contributed by atoms with Crippen molar-refractivity contribution in [2.45, 2.75) is 69.8 Å². The lowest BCUT2D eigenvalue weighted by Crippen LogP contribution is -2.43. The summed E-state index contributed by atoms with van der Waals surface area (Å²) < 4.78 is 13.1. The van der Waals surface area contributed by atoms with Gasteiger partial charge in [0.15, 0.2) is 6.29 Å². The van der Waals surface area contributed by atoms with Gasteiger partial charge in [0.05, 0.1) is 24.4 Å². The van der Waals surface area contributed by atoms with Gasteiger partial charge in [-0.25, -0.2) is 0 Å². The number of hydrogen-bond acceptors (Lipinski definition) is 6. The highest BCUT2D eigenvalue weighted by Crippen LogP contribution is 2.38. The van der Waals surface area contributed by atoms with E-state index in [1.54, 1.807) is 24.5 Å². The maximum Gasteiger partial charge on any atom is 0.253 e. The van der Waals surface area contributed by atoms with Gasteiger partial charge in [-0.3, -0.25) is 14.7 Å². The van der Waals surface area contributed by atoms with Crippen molar-refractivity contribution >= 4 is 5.91 Å². The lowest BCUT2D eigenvalue weighted by Gasteiger charge is -2.39. The Kier molecular flexibility index (Phi) is 9.73. The fourth-order valence-corrected chi connectivity index (χ4v) is 5.68. The Morgan fingerprint density at radius 3 is 2.42 bits per heavy atom. The van der Waals surface area contributed by atoms with Crippen molar-refractivity contribution in [3.05, 3.63) is 114 Å². The van der Waals surface area contributed by atoms with Crippen molar-refractivity contribution in [3.63, 3.8) is 0 Å². The van der Waals surface area contributed by atoms with Crippen LogP contribution in [-0.2, 0) is 22.6 Å². The van der Waals surface area contributed by atoms with Gasteiger partial charge in [0, 0.05) is 50.1 Å². The highest BCUT2D eigenvalue weighted by atomic mass is 16.7. The minimum atomic E-state index is -0.505. The molecule has 3 atom stereocenters. The third-order valence-corrected chi connectivity index (χ3v) is 7.89. The number of benzene rings is 2. The van der Waals surface area contributed by atoms with Crippen LogP contribution in [0, 0.1) is 0 Å². The highest BCUT2D eigenvalue weighted by molar-refractivity contribution is 5.93. The number of aliphatic hydroxyl groups excluding tert-OH is 1. The summed E-state index contributed by atoms with van der Waals surface area (Å²) in [6.45, 7) is 6.13. The Bertz CT molecular complexity index is 1230. The molecule has 1 aliphatic heterocycles. The predicted octanol–water partition coefficient (Wildman–Crippen LogP) is 5.48. The molecule has 1 saturated heterocycles. The first kappa shape index (κ1) is 28.2. The molecule has 0 spiro atoms. The summed E-state index contributed by atoms with van der Waals surface area (Å²) in [5, 5.41) is 12.4. The number of carbonyl (C=O) groups excluding carboxylic acids is 1. The molecule has 0 radical (unpaired) electrons. The fourth-order valence-electron chi connectivity index (χ4n) is 5.68. The molecule has 2 aliphatic rings. The Morgan fingerprint density at radius 2 is 1.75 bits per heavy atom. The predicted molar refractivity (Wildman–Crippen MR) is 154 cm³/mol. The molecule has 210 valence electrons. The molecule has 5 rings (SSSR count). The first-order chi connectivity index (χ1) is 19.6. The first-order valence-corrected chi connectivity index (χ1v) is 14.3. The van der Waals surface area contributed by atoms with Gasteiger partial charge < -0.3 is 19.9 Å². The van der Waals surface area contributed by atoms with Crippen LogP contribution in [-0.4, -0.2) is 46.1 Å². The molecule has 2 N–H and O–H groups in total. The van der Waals surface area contributed by atoms with Gasteiger partial charge in [-0.15, -0.1) is 6.58 Å². The van der Waals surface area contributed by atoms with Gasteiger partial charge in [0.2, 0.25) is 0 Å². The van der Waals surface area contributed by atoms with Crippen molar-refractivity contribution in [1.29, 1.82) is 0 Å². The molecule has 3 aromatic rings. The van der Waals surface area contributed by atoms with Crippen LogP contribution in [0.2, 0.25) is 0 Å². The number of rotatable bonds is 11. The van der Waals surface area contributed by atoms with E-state index in [9.17, 15) is 9.90 Å². The number of pyridine rings is 1. The lowest BCUT2D eigenvalue weighted by molar-refractivity contribution is -0.253. The van der Waals surface area contributed by atoms with E-state index in [4.69, 9.17) is 9.47 Å². The van der Waals surface area contributed by atoms with Gasteiger partial charge in [-0.2, -0.15) is 0 Å². The fraction of sp³-hybridized carbons (Fsp3) is 0.394. The topological polar surface area (TPSA) is 83.9 Å². The molecule has 1 aliphatic carbocycles. The molecule has 0 bridgehead atoms. The van der Waals surface area contributed by atoms with E-state index in [0.29, 0.717) is 18.2 Å². The normalized spacial score (nSPS) is 21.4. The van der Waals surface area contributed by atoms with Crippen LogP contribution in [0.3, 0.4) is 0 Å². The van der Waals surface area contributed by atoms with E-state index in [1.165, 1.54) is 25.7 Å². The van der Waals surface area contributed by atoms with E-state index >= 15 is 0 Å². The molecular weight excluding hydrogens is 502 g/mol. The van der Waals surface area contributed by atoms with Crippen LogP contribution in [0.5, 0.6) is 0 Å². The summed E-state index contributed by atoms with van der Waals surface area (Å²) in [4.78, 5) is 18.9. The summed E-state index contributed by atoms with van der Waals surface area (Å²) in [6.07, 6.45) is 10.4. The monoisotopic (exact) mass is 541 g/mol. The molecule has 3 unspecified atom stereocenters. The van der Waals surface area contributed by atoms with Gasteiger partial charge in [-0.1, -0.05) is 67.4 Å². The summed E-state index contributed by atoms with van der Waals surface area (Å²) in [5.41, 5.74) is 4.44. The van der Waals surface area contributed by atoms with Crippen LogP contribution < -0.4 is 5.32 Å². The zero-order valence-electron chi connectivity index (χ0n) is 23.0. The minimum Gasteiger partial charge on any atom is -0.392 e. The molecule has 1 aromatic heterocycles. The van der Waals surface area contributed by atoms with Gasteiger partial charge in [-0.05, 0) is 41.7 Å². The average molecular weight is 542 g/mol. The summed E-state index contributed by atoms with van der Waals surface area (Å²) in [7, 11) is 0. The number of amides is 1. The third-order valence-electron chi connectivity index (χ3n) is 7.89. The van der Waals surface area contributed by atoms with Crippen LogP contribution in [0.1, 0.15) is 77.1 Å². The van der Waals surface area contributed by atoms with Crippen LogP contribution in [0.25, 0.3) is 0 Å². The highest BCUT2D eigenvalue weighted by Gasteiger charge is 2.34. The van der Waals surface area contributed by atoms with Crippen molar-refractivity contribution < 1.29 is 19.4 Å². The quantitative estimate of drug-likeness (QED) is 0.313. The Morgan fingerprint density at radius 1 is 1.02 bits per heavy atom. The molecule has 1 amide bonds. The zero-order chi connectivity index (χ0) is 27.7. The Labute approximate surface area is 236 Å². The van der Waals surface area contributed by atoms with Crippen molar-refractivity contribution in [1.82, 2.24) is 15.2 Å². The number of nitrogens with zero attached hydrogens (tertiary/aromatic N) is 2. The molecule has 40 heavy (non-hydrogen) atoms. The number of nitrogens with one attached hydrogen (secondary N) is 1. The maximum absolute atomic E-state index is 12.4. The van der Waals surface area contributed by atoms with Crippen LogP contribution in [0.4, 0.5) is 0 Å². The van der Waals surface area contributed by atoms with Crippen LogP contribution in [0.15, 0.2) is 85.7 Å². The number of ether oxygens (including phenoxy) is 2. The molecule has 2 fully saturated rings. The van der Waals surface area contributed by atoms with E-state index in [1.807, 2.05) is 54.6 Å². The van der Waals surface area contributed by atoms with Gasteiger partial charge in [0.1, 0.15) is 0 Å². The summed E-state index contributed by atoms with van der Waals surface area (Å²) in [5.74, 6) is -0.152. The molecule has 1 saturated carbocycles. The second-order valence-corrected chi connectivity index (χ2v) is 10.7. The third kappa shape index (κ3) is 7.23. The maximum atomic E-state index is 12.4. The minimum absolute atomic E-state index is 0.000245. The second-order valence-electron chi connectivity index (χ2n) is 10.7. The molecular formula is C33H39N3O4. The summed E-state index contributed by atoms with van der Waals surface area (Å²) in [6, 6.07) is 20.1.